The third-order valence-corrected chi connectivity index (χ3v) is 2.63. The van der Waals surface area contributed by atoms with Crippen molar-refractivity contribution in [2.24, 2.45) is 0 Å². The third-order valence-electron chi connectivity index (χ3n) is 2.63. The van der Waals surface area contributed by atoms with Gasteiger partial charge in [-0.1, -0.05) is 13.3 Å². The summed E-state index contributed by atoms with van der Waals surface area (Å²) in [6, 6.07) is 8.73. The van der Waals surface area contributed by atoms with Gasteiger partial charge >= 0.3 is 5.63 Å². The molecule has 0 saturated carbocycles. The number of ether oxygens (including phenoxy) is 1. The lowest BCUT2D eigenvalue weighted by atomic mass is 10.2. The minimum Gasteiger partial charge on any atom is -0.491 e. The van der Waals surface area contributed by atoms with Crippen molar-refractivity contribution < 1.29 is 9.15 Å². The Morgan fingerprint density at radius 1 is 1.29 bits per heavy atom. The minimum atomic E-state index is -0.337. The van der Waals surface area contributed by atoms with Crippen molar-refractivity contribution >= 4 is 11.0 Å². The lowest BCUT2D eigenvalue weighted by Gasteiger charge is -2.13. The monoisotopic (exact) mass is 232 g/mol. The molecular formula is C14H16O3. The molecule has 0 spiro atoms. The molecule has 3 nitrogen and oxygen atoms in total. The molecule has 90 valence electrons. The van der Waals surface area contributed by atoms with Crippen LogP contribution < -0.4 is 10.4 Å². The van der Waals surface area contributed by atoms with Crippen LogP contribution in [0, 0.1) is 0 Å². The Labute approximate surface area is 100 Å². The van der Waals surface area contributed by atoms with Gasteiger partial charge in [-0.3, -0.25) is 0 Å². The van der Waals surface area contributed by atoms with E-state index >= 15 is 0 Å². The summed E-state index contributed by atoms with van der Waals surface area (Å²) < 4.78 is 10.8. The molecule has 1 aromatic carbocycles. The molecule has 17 heavy (non-hydrogen) atoms. The van der Waals surface area contributed by atoms with E-state index in [-0.39, 0.29) is 11.7 Å². The van der Waals surface area contributed by atoms with Gasteiger partial charge < -0.3 is 9.15 Å². The Bertz CT molecular complexity index is 557. The summed E-state index contributed by atoms with van der Waals surface area (Å²) >= 11 is 0. The Balaban J connectivity index is 2.27. The number of fused-ring (bicyclic) bond motifs is 1. The molecule has 0 N–H and O–H groups in total. The van der Waals surface area contributed by atoms with E-state index in [1.54, 1.807) is 12.1 Å². The first kappa shape index (κ1) is 11.7. The number of hydrogen-bond donors (Lipinski definition) is 0. The maximum Gasteiger partial charge on any atom is 0.336 e. The predicted octanol–water partition coefficient (Wildman–Crippen LogP) is 3.36. The van der Waals surface area contributed by atoms with E-state index in [9.17, 15) is 4.79 Å². The van der Waals surface area contributed by atoms with Crippen molar-refractivity contribution in [2.75, 3.05) is 0 Å². The van der Waals surface area contributed by atoms with Crippen LogP contribution in [-0.2, 0) is 0 Å². The zero-order valence-corrected chi connectivity index (χ0v) is 10.1. The van der Waals surface area contributed by atoms with Gasteiger partial charge in [0.2, 0.25) is 0 Å². The molecule has 0 radical (unpaired) electrons. The standard InChI is InChI=1S/C14H16O3/c1-3-4-10(2)16-12-7-5-11-6-8-14(15)17-13(11)9-12/h5-10H,3-4H2,1-2H3. The highest BCUT2D eigenvalue weighted by Gasteiger charge is 2.04. The number of benzene rings is 1. The van der Waals surface area contributed by atoms with E-state index in [2.05, 4.69) is 6.92 Å². The summed E-state index contributed by atoms with van der Waals surface area (Å²) in [5, 5.41) is 0.903. The molecular weight excluding hydrogens is 216 g/mol. The molecule has 1 aromatic heterocycles. The maximum absolute atomic E-state index is 11.1. The quantitative estimate of drug-likeness (QED) is 0.759. The average molecular weight is 232 g/mol. The van der Waals surface area contributed by atoms with Gasteiger partial charge in [-0.2, -0.15) is 0 Å². The normalized spacial score (nSPS) is 12.6. The molecule has 0 saturated heterocycles. The highest BCUT2D eigenvalue weighted by molar-refractivity contribution is 5.77. The molecule has 3 heteroatoms. The van der Waals surface area contributed by atoms with Gasteiger partial charge in [-0.05, 0) is 31.5 Å². The molecule has 0 aliphatic carbocycles. The molecule has 2 aromatic rings. The summed E-state index contributed by atoms with van der Waals surface area (Å²) in [7, 11) is 0. The molecule has 1 heterocycles. The van der Waals surface area contributed by atoms with Crippen LogP contribution in [0.15, 0.2) is 39.5 Å². The number of hydrogen-bond acceptors (Lipinski definition) is 3. The van der Waals surface area contributed by atoms with Crippen LogP contribution >= 0.6 is 0 Å². The van der Waals surface area contributed by atoms with E-state index in [1.165, 1.54) is 6.07 Å². The minimum absolute atomic E-state index is 0.174. The Kier molecular flexibility index (Phi) is 3.47. The summed E-state index contributed by atoms with van der Waals surface area (Å²) in [6.07, 6.45) is 2.27. The molecule has 0 aliphatic heterocycles. The van der Waals surface area contributed by atoms with E-state index in [4.69, 9.17) is 9.15 Å². The van der Waals surface area contributed by atoms with E-state index in [0.29, 0.717) is 5.58 Å². The zero-order chi connectivity index (χ0) is 12.3. The summed E-state index contributed by atoms with van der Waals surface area (Å²) in [5.74, 6) is 0.743. The average Bonchev–Trinajstić information content (AvgIpc) is 2.28. The second kappa shape index (κ2) is 5.04. The fourth-order valence-corrected chi connectivity index (χ4v) is 1.81. The largest absolute Gasteiger partial charge is 0.491 e. The van der Waals surface area contributed by atoms with Crippen LogP contribution in [0.3, 0.4) is 0 Å². The van der Waals surface area contributed by atoms with Gasteiger partial charge in [0, 0.05) is 17.5 Å². The first-order valence-corrected chi connectivity index (χ1v) is 5.89. The van der Waals surface area contributed by atoms with Crippen LogP contribution in [0.4, 0.5) is 0 Å². The van der Waals surface area contributed by atoms with Crippen molar-refractivity contribution in [1.82, 2.24) is 0 Å². The summed E-state index contributed by atoms with van der Waals surface area (Å²) in [4.78, 5) is 11.1. The van der Waals surface area contributed by atoms with Crippen LogP contribution in [0.25, 0.3) is 11.0 Å². The SMILES string of the molecule is CCCC(C)Oc1ccc2ccc(=O)oc2c1. The van der Waals surface area contributed by atoms with E-state index < -0.39 is 0 Å². The number of rotatable bonds is 4. The van der Waals surface area contributed by atoms with Crippen molar-refractivity contribution in [3.63, 3.8) is 0 Å². The van der Waals surface area contributed by atoms with Gasteiger partial charge in [-0.15, -0.1) is 0 Å². The van der Waals surface area contributed by atoms with Gasteiger partial charge in [0.05, 0.1) is 6.10 Å². The molecule has 0 aliphatic rings. The maximum atomic E-state index is 11.1. The Hall–Kier alpha value is -1.77. The second-order valence-corrected chi connectivity index (χ2v) is 4.17. The fraction of sp³-hybridized carbons (Fsp3) is 0.357. The van der Waals surface area contributed by atoms with Crippen molar-refractivity contribution in [3.05, 3.63) is 40.8 Å². The molecule has 0 fully saturated rings. The topological polar surface area (TPSA) is 39.4 Å². The zero-order valence-electron chi connectivity index (χ0n) is 10.1. The van der Waals surface area contributed by atoms with Crippen molar-refractivity contribution in [1.29, 1.82) is 0 Å². The third kappa shape index (κ3) is 2.87. The Morgan fingerprint density at radius 2 is 2.06 bits per heavy atom. The van der Waals surface area contributed by atoms with Crippen LogP contribution in [0.5, 0.6) is 5.75 Å². The van der Waals surface area contributed by atoms with Gasteiger partial charge in [0.25, 0.3) is 0 Å². The molecule has 1 atom stereocenters. The molecule has 1 unspecified atom stereocenters. The lowest BCUT2D eigenvalue weighted by Crippen LogP contribution is -2.10. The lowest BCUT2D eigenvalue weighted by molar-refractivity contribution is 0.210. The van der Waals surface area contributed by atoms with E-state index in [0.717, 1.165) is 24.0 Å². The highest BCUT2D eigenvalue weighted by Crippen LogP contribution is 2.21. The highest BCUT2D eigenvalue weighted by atomic mass is 16.5. The predicted molar refractivity (Wildman–Crippen MR) is 67.5 cm³/mol. The summed E-state index contributed by atoms with van der Waals surface area (Å²) in [6.45, 7) is 4.16. The van der Waals surface area contributed by atoms with Crippen LogP contribution in [0.1, 0.15) is 26.7 Å². The molecule has 0 bridgehead atoms. The first-order valence-electron chi connectivity index (χ1n) is 5.89. The van der Waals surface area contributed by atoms with Crippen LogP contribution in [-0.4, -0.2) is 6.10 Å². The Morgan fingerprint density at radius 3 is 2.82 bits per heavy atom. The second-order valence-electron chi connectivity index (χ2n) is 4.17. The van der Waals surface area contributed by atoms with Gasteiger partial charge in [-0.25, -0.2) is 4.79 Å². The van der Waals surface area contributed by atoms with Crippen molar-refractivity contribution in [2.45, 2.75) is 32.8 Å². The fourth-order valence-electron chi connectivity index (χ4n) is 1.81. The summed E-state index contributed by atoms with van der Waals surface area (Å²) in [5.41, 5.74) is 0.231. The van der Waals surface area contributed by atoms with Gasteiger partial charge in [0.1, 0.15) is 11.3 Å². The van der Waals surface area contributed by atoms with E-state index in [1.807, 2.05) is 19.1 Å². The van der Waals surface area contributed by atoms with Crippen LogP contribution in [0.2, 0.25) is 0 Å². The smallest absolute Gasteiger partial charge is 0.336 e. The molecule has 2 rings (SSSR count). The van der Waals surface area contributed by atoms with Gasteiger partial charge in [0.15, 0.2) is 0 Å². The molecule has 0 amide bonds. The van der Waals surface area contributed by atoms with Crippen molar-refractivity contribution in [3.8, 4) is 5.75 Å². The first-order chi connectivity index (χ1) is 8.19.